The molecule has 1 heterocycles. The minimum atomic E-state index is 0.223. The van der Waals surface area contributed by atoms with Crippen molar-refractivity contribution in [3.05, 3.63) is 29.6 Å². The Labute approximate surface area is 115 Å². The van der Waals surface area contributed by atoms with Gasteiger partial charge in [0.15, 0.2) is 0 Å². The van der Waals surface area contributed by atoms with Crippen molar-refractivity contribution in [2.45, 2.75) is 57.7 Å². The maximum absolute atomic E-state index is 5.53. The number of aryl methyl sites for hydroxylation is 1. The number of nitrogens with one attached hydrogen (secondary N) is 1. The van der Waals surface area contributed by atoms with Gasteiger partial charge in [0.1, 0.15) is 0 Å². The van der Waals surface area contributed by atoms with E-state index in [1.807, 2.05) is 13.3 Å². The second-order valence-corrected chi connectivity index (χ2v) is 6.49. The maximum atomic E-state index is 5.53. The van der Waals surface area contributed by atoms with Crippen LogP contribution >= 0.6 is 0 Å². The van der Waals surface area contributed by atoms with Gasteiger partial charge in [-0.25, -0.2) is 0 Å². The highest BCUT2D eigenvalue weighted by molar-refractivity contribution is 5.26. The fraction of sp³-hybridized carbons (Fsp3) is 0.688. The molecule has 3 rings (SSSR count). The van der Waals surface area contributed by atoms with Gasteiger partial charge in [-0.2, -0.15) is 0 Å². The van der Waals surface area contributed by atoms with Gasteiger partial charge in [0.2, 0.25) is 0 Å². The van der Waals surface area contributed by atoms with Crippen LogP contribution in [0.25, 0.3) is 0 Å². The van der Waals surface area contributed by atoms with Crippen molar-refractivity contribution in [2.24, 2.45) is 5.41 Å². The average molecular weight is 260 g/mol. The third kappa shape index (κ3) is 2.19. The molecule has 1 aromatic rings. The normalized spacial score (nSPS) is 32.5. The molecule has 1 saturated carbocycles. The molecule has 1 N–H and O–H groups in total. The Kier molecular flexibility index (Phi) is 3.35. The second kappa shape index (κ2) is 4.88. The van der Waals surface area contributed by atoms with Crippen LogP contribution in [0.3, 0.4) is 0 Å². The van der Waals surface area contributed by atoms with Crippen molar-refractivity contribution in [3.63, 3.8) is 0 Å². The number of rotatable bonds is 3. The summed E-state index contributed by atoms with van der Waals surface area (Å²) < 4.78 is 5.53. The first-order chi connectivity index (χ1) is 9.13. The summed E-state index contributed by atoms with van der Waals surface area (Å²) in [6, 6.07) is 5.23. The highest BCUT2D eigenvalue weighted by Gasteiger charge is 2.49. The molecule has 0 aliphatic heterocycles. The largest absolute Gasteiger partial charge is 0.381 e. The van der Waals surface area contributed by atoms with Crippen molar-refractivity contribution < 1.29 is 4.74 Å². The molecule has 1 aromatic heterocycles. The van der Waals surface area contributed by atoms with Crippen LogP contribution in [-0.4, -0.2) is 24.2 Å². The molecule has 0 bridgehead atoms. The molecule has 2 aliphatic rings. The van der Waals surface area contributed by atoms with Crippen LogP contribution in [0.5, 0.6) is 0 Å². The minimum Gasteiger partial charge on any atom is -0.381 e. The van der Waals surface area contributed by atoms with E-state index in [4.69, 9.17) is 4.74 Å². The summed E-state index contributed by atoms with van der Waals surface area (Å²) in [4.78, 5) is 4.61. The first-order valence-corrected chi connectivity index (χ1v) is 7.35. The topological polar surface area (TPSA) is 34.1 Å². The van der Waals surface area contributed by atoms with Gasteiger partial charge in [-0.3, -0.25) is 4.98 Å². The number of hydrogen-bond acceptors (Lipinski definition) is 3. The Morgan fingerprint density at radius 2 is 2.26 bits per heavy atom. The van der Waals surface area contributed by atoms with E-state index >= 15 is 0 Å². The molecule has 3 heteroatoms. The van der Waals surface area contributed by atoms with Gasteiger partial charge in [-0.1, -0.05) is 19.9 Å². The van der Waals surface area contributed by atoms with Crippen LogP contribution < -0.4 is 5.32 Å². The van der Waals surface area contributed by atoms with Gasteiger partial charge in [0.05, 0.1) is 11.8 Å². The van der Waals surface area contributed by atoms with E-state index in [0.29, 0.717) is 18.2 Å². The number of nitrogens with zero attached hydrogens (tertiary/aromatic N) is 1. The third-order valence-corrected chi connectivity index (χ3v) is 5.06. The zero-order valence-electron chi connectivity index (χ0n) is 12.1. The number of methoxy groups -OCH3 is 1. The Morgan fingerprint density at radius 3 is 3.00 bits per heavy atom. The molecule has 0 radical (unpaired) electrons. The number of aromatic nitrogens is 1. The molecular formula is C16H24N2O. The summed E-state index contributed by atoms with van der Waals surface area (Å²) in [5.41, 5.74) is 2.92. The third-order valence-electron chi connectivity index (χ3n) is 5.06. The zero-order chi connectivity index (χ0) is 13.5. The van der Waals surface area contributed by atoms with Gasteiger partial charge in [0.25, 0.3) is 0 Å². The average Bonchev–Trinajstić information content (AvgIpc) is 2.43. The summed E-state index contributed by atoms with van der Waals surface area (Å²) in [5, 5.41) is 3.82. The summed E-state index contributed by atoms with van der Waals surface area (Å²) in [6.07, 6.45) is 7.06. The number of hydrogen-bond donors (Lipinski definition) is 1. The first kappa shape index (κ1) is 13.1. The lowest BCUT2D eigenvalue weighted by molar-refractivity contribution is -0.101. The lowest BCUT2D eigenvalue weighted by Gasteiger charge is -2.52. The lowest BCUT2D eigenvalue weighted by atomic mass is 9.64. The van der Waals surface area contributed by atoms with Crippen molar-refractivity contribution in [1.82, 2.24) is 10.3 Å². The van der Waals surface area contributed by atoms with E-state index in [0.717, 1.165) is 6.42 Å². The quantitative estimate of drug-likeness (QED) is 0.907. The van der Waals surface area contributed by atoms with E-state index < -0.39 is 0 Å². The molecule has 104 valence electrons. The van der Waals surface area contributed by atoms with Gasteiger partial charge in [0, 0.05) is 30.8 Å². The smallest absolute Gasteiger partial charge is 0.0652 e. The molecule has 3 unspecified atom stereocenters. The van der Waals surface area contributed by atoms with Crippen LogP contribution in [0.2, 0.25) is 0 Å². The van der Waals surface area contributed by atoms with Crippen LogP contribution in [0.1, 0.15) is 50.4 Å². The molecule has 2 aliphatic carbocycles. The molecule has 3 nitrogen and oxygen atoms in total. The highest BCUT2D eigenvalue weighted by Crippen LogP contribution is 2.44. The van der Waals surface area contributed by atoms with Crippen LogP contribution in [0, 0.1) is 5.41 Å². The molecule has 0 aromatic carbocycles. The number of ether oxygens (including phenoxy) is 1. The van der Waals surface area contributed by atoms with Gasteiger partial charge in [-0.15, -0.1) is 0 Å². The SMILES string of the molecule is COC1CC(NC2CCCc3cccnc32)C1(C)C. The molecule has 19 heavy (non-hydrogen) atoms. The first-order valence-electron chi connectivity index (χ1n) is 7.35. The van der Waals surface area contributed by atoms with Crippen molar-refractivity contribution >= 4 is 0 Å². The van der Waals surface area contributed by atoms with Gasteiger partial charge < -0.3 is 10.1 Å². The van der Waals surface area contributed by atoms with E-state index in [9.17, 15) is 0 Å². The van der Waals surface area contributed by atoms with Crippen molar-refractivity contribution in [1.29, 1.82) is 0 Å². The van der Waals surface area contributed by atoms with E-state index in [2.05, 4.69) is 36.3 Å². The van der Waals surface area contributed by atoms with Crippen molar-refractivity contribution in [3.8, 4) is 0 Å². The standard InChI is InChI=1S/C16H24N2O/c1-16(2)13(10-14(16)19-3)18-12-8-4-6-11-7-5-9-17-15(11)12/h5,7,9,12-14,18H,4,6,8,10H2,1-3H3. The molecule has 0 saturated heterocycles. The fourth-order valence-corrected chi connectivity index (χ4v) is 3.58. The highest BCUT2D eigenvalue weighted by atomic mass is 16.5. The van der Waals surface area contributed by atoms with Crippen molar-refractivity contribution in [2.75, 3.05) is 7.11 Å². The predicted molar refractivity (Wildman–Crippen MR) is 76.0 cm³/mol. The van der Waals surface area contributed by atoms with E-state index in [1.165, 1.54) is 30.5 Å². The molecule has 1 fully saturated rings. The Balaban J connectivity index is 1.72. The van der Waals surface area contributed by atoms with Gasteiger partial charge >= 0.3 is 0 Å². The van der Waals surface area contributed by atoms with E-state index in [-0.39, 0.29) is 5.41 Å². The summed E-state index contributed by atoms with van der Waals surface area (Å²) in [7, 11) is 1.82. The summed E-state index contributed by atoms with van der Waals surface area (Å²) in [6.45, 7) is 4.59. The minimum absolute atomic E-state index is 0.223. The lowest BCUT2D eigenvalue weighted by Crippen LogP contribution is -2.61. The Morgan fingerprint density at radius 1 is 1.42 bits per heavy atom. The fourth-order valence-electron chi connectivity index (χ4n) is 3.58. The Hall–Kier alpha value is -0.930. The van der Waals surface area contributed by atoms with Crippen LogP contribution in [0.15, 0.2) is 18.3 Å². The summed E-state index contributed by atoms with van der Waals surface area (Å²) >= 11 is 0. The molecule has 0 spiro atoms. The zero-order valence-corrected chi connectivity index (χ0v) is 12.1. The molecule has 3 atom stereocenters. The number of fused-ring (bicyclic) bond motifs is 1. The summed E-state index contributed by atoms with van der Waals surface area (Å²) in [5.74, 6) is 0. The van der Waals surface area contributed by atoms with Crippen LogP contribution in [-0.2, 0) is 11.2 Å². The Bertz CT molecular complexity index is 458. The second-order valence-electron chi connectivity index (χ2n) is 6.49. The monoisotopic (exact) mass is 260 g/mol. The van der Waals surface area contributed by atoms with E-state index in [1.54, 1.807) is 0 Å². The maximum Gasteiger partial charge on any atom is 0.0652 e. The number of pyridine rings is 1. The molecular weight excluding hydrogens is 236 g/mol. The van der Waals surface area contributed by atoms with Gasteiger partial charge in [-0.05, 0) is 37.3 Å². The predicted octanol–water partition coefficient (Wildman–Crippen LogP) is 2.86. The van der Waals surface area contributed by atoms with Crippen LogP contribution in [0.4, 0.5) is 0 Å². The molecule has 0 amide bonds.